The van der Waals surface area contributed by atoms with Crippen LogP contribution in [0.1, 0.15) is 158 Å². The summed E-state index contributed by atoms with van der Waals surface area (Å²) >= 11 is 5.41. The van der Waals surface area contributed by atoms with Gasteiger partial charge in [-0.2, -0.15) is 0 Å². The fraction of sp³-hybridized carbons (Fsp3) is 0.299. The summed E-state index contributed by atoms with van der Waals surface area (Å²) < 4.78 is 38.1. The summed E-state index contributed by atoms with van der Waals surface area (Å²) in [4.78, 5) is 137. The summed E-state index contributed by atoms with van der Waals surface area (Å²) in [5.41, 5.74) is 9.86. The predicted molar refractivity (Wildman–Crippen MR) is 545 cm³/mol. The molecule has 0 radical (unpaired) electrons. The quantitative estimate of drug-likeness (QED) is 0.0458. The van der Waals surface area contributed by atoms with E-state index in [1.54, 1.807) is 44.9 Å². The van der Waals surface area contributed by atoms with Crippen molar-refractivity contribution in [3.63, 3.8) is 0 Å². The summed E-state index contributed by atoms with van der Waals surface area (Å²) in [7, 11) is 3.23. The summed E-state index contributed by atoms with van der Waals surface area (Å²) in [6.07, 6.45) is 19.4. The normalized spacial score (nSPS) is 21.5. The van der Waals surface area contributed by atoms with Gasteiger partial charge in [0.2, 0.25) is 53.3 Å². The Morgan fingerprint density at radius 3 is 1.06 bits per heavy atom. The zero-order chi connectivity index (χ0) is 96.9. The van der Waals surface area contributed by atoms with Gasteiger partial charge in [0.25, 0.3) is 23.6 Å². The van der Waals surface area contributed by atoms with E-state index < -0.39 is 6.17 Å². The zero-order valence-electron chi connectivity index (χ0n) is 77.6. The molecule has 140 heavy (non-hydrogen) atoms. The number of thiophene rings is 4. The molecule has 714 valence electrons. The second-order valence-corrected chi connectivity index (χ2v) is 42.1. The second-order valence-electron chi connectivity index (χ2n) is 37.7. The molecule has 5 aromatic carbocycles. The maximum Gasteiger partial charge on any atom is 0.268 e. The first-order chi connectivity index (χ1) is 67.9. The van der Waals surface area contributed by atoms with E-state index in [1.165, 1.54) is 65.2 Å². The number of nitrogens with zero attached hydrogens (tertiary/aromatic N) is 13. The molecular weight excluding hydrogens is 1850 g/mol. The number of para-hydroxylation sites is 8. The van der Waals surface area contributed by atoms with Gasteiger partial charge in [-0.15, -0.1) is 45.3 Å². The van der Waals surface area contributed by atoms with Gasteiger partial charge in [-0.3, -0.25) is 59.6 Å². The van der Waals surface area contributed by atoms with Crippen molar-refractivity contribution in [2.24, 2.45) is 21.7 Å². The minimum Gasteiger partial charge on any atom is -0.497 e. The molecular formula is C107H104FN17O11S4. The molecule has 10 aromatic heterocycles. The summed E-state index contributed by atoms with van der Waals surface area (Å²) in [5.74, 6) is 3.46. The van der Waals surface area contributed by atoms with E-state index in [2.05, 4.69) is 81.9 Å². The van der Waals surface area contributed by atoms with Crippen molar-refractivity contribution in [2.75, 3.05) is 87.8 Å². The van der Waals surface area contributed by atoms with Gasteiger partial charge in [-0.25, -0.2) is 29.3 Å². The minimum atomic E-state index is -1.10. The molecule has 28 nitrogen and oxygen atoms in total. The predicted octanol–water partition coefficient (Wildman–Crippen LogP) is 21.4. The van der Waals surface area contributed by atoms with Crippen molar-refractivity contribution in [3.8, 4) is 43.1 Å². The maximum absolute atomic E-state index is 13.6. The number of anilines is 4. The average Bonchev–Trinajstić information content (AvgIpc) is 1.59. The van der Waals surface area contributed by atoms with Crippen LogP contribution in [-0.2, 0) is 19.2 Å². The Bertz CT molecular complexity index is 7330. The topological polar surface area (TPSA) is 313 Å². The number of alkyl halides is 1. The van der Waals surface area contributed by atoms with Crippen molar-refractivity contribution in [1.82, 2.24) is 62.8 Å². The Kier molecular flexibility index (Phi) is 25.7. The Morgan fingerprint density at radius 1 is 0.400 bits per heavy atom. The number of imidazole rings is 4. The van der Waals surface area contributed by atoms with Gasteiger partial charge in [-0.05, 0) is 263 Å². The van der Waals surface area contributed by atoms with Crippen LogP contribution in [0.4, 0.5) is 28.2 Å². The number of ether oxygens (including phenoxy) is 2. The zero-order valence-corrected chi connectivity index (χ0v) is 80.9. The molecule has 4 saturated heterocycles. The number of furan rings is 1. The number of likely N-dealkylation sites (tertiary alicyclic amines) is 4. The summed E-state index contributed by atoms with van der Waals surface area (Å²) in [6.45, 7) is 22.1. The van der Waals surface area contributed by atoms with Gasteiger partial charge >= 0.3 is 0 Å². The third kappa shape index (κ3) is 18.5. The fourth-order valence-electron chi connectivity index (χ4n) is 21.8. The van der Waals surface area contributed by atoms with Crippen LogP contribution in [-0.4, -0.2) is 177 Å². The van der Waals surface area contributed by atoms with Crippen LogP contribution in [0.25, 0.3) is 75.7 Å². The highest BCUT2D eigenvalue weighted by atomic mass is 32.1. The van der Waals surface area contributed by atoms with Gasteiger partial charge in [-0.1, -0.05) is 87.0 Å². The molecule has 1 unspecified atom stereocenters. The van der Waals surface area contributed by atoms with Gasteiger partial charge in [0.1, 0.15) is 17.7 Å². The lowest BCUT2D eigenvalue weighted by atomic mass is 9.64. The number of nitrogens with one attached hydrogen (secondary N) is 4. The van der Waals surface area contributed by atoms with Crippen LogP contribution in [0.5, 0.6) is 11.6 Å². The number of fused-ring (bicyclic) bond motifs is 4. The number of carbonyl (C=O) groups excluding carboxylic acids is 8. The molecule has 0 bridgehead atoms. The molecule has 4 aliphatic carbocycles. The number of amides is 8. The second kappa shape index (κ2) is 38.7. The maximum atomic E-state index is 13.6. The standard InChI is InChI=1S/C29H28N4O3S.C28H27N5O3S.C26H24N4O3S.C24H25FN4O2S/c1-3-26(34)32-14-13-29(18-32)16-20(17-29)33-23-10-5-4-9-22(23)30-28(33)31-27(35)25-12-11-24(37-25)19-7-6-8-21(15-19)36-2;1-3-25(34)32-13-12-28(17-32)14-19(15-28)33-21-7-5-4-6-20(21)30-27(33)31-26(35)23-10-9-22(37-23)18-8-11-24(36-2)29-16-18;1-2-23(31)29-12-11-26(16-29)14-17(15-26)30-19-7-4-3-6-18(19)27-25(30)28-24(32)22-10-9-21(34-22)20-8-5-13-33-20;1-3-21(30)28-11-10-24(14-28)12-16(13-24)29-18-7-5-4-6-17(18)26-23(29)27-22(31)20-9-8-19(32-20)15(2)25/h3-12,15,20H,1,13-14,16-18H2,2H3,(H,30,31,35);3-11,16,19H,1,12-15,17H2,2H3,(H,30,31,35);2-10,13,17H,1,11-12,14-16H2,(H,27,28,32);3-9,15-16H,1,10-14H2,2H3,(H,26,27,31). The van der Waals surface area contributed by atoms with Crippen LogP contribution in [0.3, 0.4) is 0 Å². The van der Waals surface area contributed by atoms with E-state index in [1.807, 2.05) is 189 Å². The highest BCUT2D eigenvalue weighted by Gasteiger charge is 2.55. The molecule has 8 fully saturated rings. The highest BCUT2D eigenvalue weighted by molar-refractivity contribution is 7.18. The van der Waals surface area contributed by atoms with Gasteiger partial charge < -0.3 is 51.8 Å². The number of pyridine rings is 1. The molecule has 8 aliphatic rings. The molecule has 15 aromatic rings. The Labute approximate surface area is 823 Å². The van der Waals surface area contributed by atoms with Crippen LogP contribution < -0.4 is 30.7 Å². The minimum absolute atomic E-state index is 0.00194. The lowest BCUT2D eigenvalue weighted by Gasteiger charge is -2.46. The number of benzene rings is 5. The SMILES string of the molecule is C=CC(=O)N1CCC2(CC(n3c(NC(=O)c4ccc(-c5ccc(OC)nc5)s4)nc4ccccc43)C2)C1.C=CC(=O)N1CCC2(CC(n3c(NC(=O)c4ccc(-c5cccc(OC)c5)s4)nc4ccccc43)C2)C1.C=CC(=O)N1CCC2(CC(n3c(NC(=O)c4ccc(-c5ccco5)s4)nc4ccccc43)C2)C1.C=CC(=O)N1CCC2(CC(n3c(NC(=O)c4ccc(C(C)F)s4)nc4ccccc43)C2)C1. The first kappa shape index (κ1) is 93.1. The molecule has 4 N–H and O–H groups in total. The van der Waals surface area contributed by atoms with Crippen molar-refractivity contribution in [2.45, 2.75) is 114 Å². The van der Waals surface area contributed by atoms with E-state index in [4.69, 9.17) is 28.8 Å². The third-order valence-electron chi connectivity index (χ3n) is 28.9. The molecule has 8 amide bonds. The molecule has 4 saturated carbocycles. The summed E-state index contributed by atoms with van der Waals surface area (Å²) in [5, 5.41) is 12.2. The Balaban J connectivity index is 0.000000115. The van der Waals surface area contributed by atoms with Gasteiger partial charge in [0, 0.05) is 109 Å². The number of aromatic nitrogens is 9. The van der Waals surface area contributed by atoms with E-state index >= 15 is 0 Å². The molecule has 14 heterocycles. The first-order valence-electron chi connectivity index (χ1n) is 46.9. The summed E-state index contributed by atoms with van der Waals surface area (Å²) in [6, 6.07) is 62.5. The Hall–Kier alpha value is -14.5. The van der Waals surface area contributed by atoms with E-state index in [-0.39, 0.29) is 93.1 Å². The number of rotatable bonds is 22. The number of halogens is 1. The van der Waals surface area contributed by atoms with Crippen LogP contribution in [0.2, 0.25) is 0 Å². The van der Waals surface area contributed by atoms with Crippen LogP contribution in [0, 0.1) is 21.7 Å². The smallest absolute Gasteiger partial charge is 0.268 e. The van der Waals surface area contributed by atoms with Crippen LogP contribution >= 0.6 is 45.3 Å². The molecule has 1 atom stereocenters. The van der Waals surface area contributed by atoms with Crippen LogP contribution in [0.15, 0.2) is 262 Å². The highest BCUT2D eigenvalue weighted by Crippen LogP contribution is 2.60. The molecule has 4 aliphatic heterocycles. The first-order valence-corrected chi connectivity index (χ1v) is 50.2. The monoisotopic (exact) mass is 1950 g/mol. The fourth-order valence-corrected chi connectivity index (χ4v) is 25.3. The number of methoxy groups -OCH3 is 2. The van der Waals surface area contributed by atoms with Crippen molar-refractivity contribution in [3.05, 3.63) is 282 Å². The van der Waals surface area contributed by atoms with Crippen molar-refractivity contribution >= 4 is 161 Å². The third-order valence-corrected chi connectivity index (χ3v) is 33.5. The molecule has 33 heteroatoms. The van der Waals surface area contributed by atoms with Gasteiger partial charge in [0.05, 0.1) is 89.0 Å². The van der Waals surface area contributed by atoms with Gasteiger partial charge in [0.15, 0.2) is 0 Å². The largest absolute Gasteiger partial charge is 0.497 e. The number of carbonyl (C=O) groups is 8. The van der Waals surface area contributed by atoms with E-state index in [9.17, 15) is 42.7 Å². The number of hydrogen-bond donors (Lipinski definition) is 4. The number of hydrogen-bond acceptors (Lipinski definition) is 20. The lowest BCUT2D eigenvalue weighted by molar-refractivity contribution is -0.126. The molecule has 23 rings (SSSR count). The molecule has 4 spiro atoms. The lowest BCUT2D eigenvalue weighted by Crippen LogP contribution is -2.42. The van der Waals surface area contributed by atoms with E-state index in [0.717, 1.165) is 222 Å². The Morgan fingerprint density at radius 2 is 0.743 bits per heavy atom. The average molecular weight is 1950 g/mol. The van der Waals surface area contributed by atoms with Crippen molar-refractivity contribution in [1.29, 1.82) is 0 Å². The van der Waals surface area contributed by atoms with E-state index in [0.29, 0.717) is 54.1 Å². The van der Waals surface area contributed by atoms with Crippen molar-refractivity contribution < 1.29 is 56.6 Å².